The van der Waals surface area contributed by atoms with Crippen LogP contribution in [0.1, 0.15) is 133 Å². The Labute approximate surface area is 591 Å². The van der Waals surface area contributed by atoms with E-state index in [1.54, 1.807) is 18.7 Å². The van der Waals surface area contributed by atoms with Crippen molar-refractivity contribution in [3.05, 3.63) is 82.2 Å². The van der Waals surface area contributed by atoms with Crippen LogP contribution in [-0.2, 0) is 122 Å². The predicted octanol–water partition coefficient (Wildman–Crippen LogP) is 7.82. The van der Waals surface area contributed by atoms with E-state index in [9.17, 15) is 43.7 Å². The van der Waals surface area contributed by atoms with Crippen molar-refractivity contribution < 1.29 is 114 Å². The number of methoxy groups -OCH3 is 1. The zero-order valence-electron chi connectivity index (χ0n) is 59.3. The number of benzene rings is 2. The average molecular weight is 1430 g/mol. The second-order valence-electron chi connectivity index (χ2n) is 26.4. The third-order valence-corrected chi connectivity index (χ3v) is 21.5. The van der Waals surface area contributed by atoms with Gasteiger partial charge in [-0.1, -0.05) is 60.7 Å². The molecule has 2 radical (unpaired) electrons. The van der Waals surface area contributed by atoms with Crippen LogP contribution in [0.15, 0.2) is 65.8 Å². The first-order chi connectivity index (χ1) is 47.8. The molecule has 5 heterocycles. The number of amides is 1. The number of rotatable bonds is 35. The number of ether oxygens (including phenoxy) is 16. The standard InChI is InChI=1S/C66H96B4N4O24P2/c1-14-36(3)50-58(99-69-67-81)39(6)52(95-60-48(72-73-71)55(89-42(9)77)53(88-41(8)76)46(91-60)34-84-40(7)75)61(93-50)96-56-57(90-43(10)78)62(94-51(37(4)15-2)59(56)100-70-68-82)92-49-38(5)31-66(63(79)83-13,98-54(49)47-35-87-65(11,12)97-47)86-30-24-18-23-29-74(32-44-25-19-16-20-26-44)64(80)85-33-45-27-21-17-22-28-45/h16-17,19-22,25-28,36-39,46-62,99-100H,14-15,18,23-24,29-35H2,1-13H3/t36-,37-,38+,39?,46?,47+,48+,49+,50-,51?,52?,53+,54?,55?,56+,57?,58-,59+,60+,61+,62-,66+/m0/s1. The predicted molar refractivity (Wildman–Crippen MR) is 365 cm³/mol. The van der Waals surface area contributed by atoms with Crippen LogP contribution >= 0.6 is 16.9 Å². The van der Waals surface area contributed by atoms with Gasteiger partial charge in [0.2, 0.25) is 0 Å². The summed E-state index contributed by atoms with van der Waals surface area (Å²) in [6, 6.07) is 17.4. The Morgan fingerprint density at radius 3 is 1.83 bits per heavy atom. The minimum atomic E-state index is -2.02. The van der Waals surface area contributed by atoms with Crippen LogP contribution in [0.5, 0.6) is 0 Å². The second kappa shape index (κ2) is 39.5. The summed E-state index contributed by atoms with van der Waals surface area (Å²) >= 11 is 0. The maximum absolute atomic E-state index is 14.4. The van der Waals surface area contributed by atoms with E-state index < -0.39 is 169 Å². The molecule has 2 aromatic rings. The number of nitrogens with zero attached hydrogens (tertiary/aromatic N) is 4. The fourth-order valence-electron chi connectivity index (χ4n) is 13.3. The van der Waals surface area contributed by atoms with Gasteiger partial charge in [0, 0.05) is 26.9 Å². The zero-order chi connectivity index (χ0) is 72.8. The molecule has 5 fully saturated rings. The van der Waals surface area contributed by atoms with Crippen molar-refractivity contribution in [2.45, 2.75) is 250 Å². The summed E-state index contributed by atoms with van der Waals surface area (Å²) in [4.78, 5) is 84.5. The van der Waals surface area contributed by atoms with Gasteiger partial charge in [-0.2, -0.15) is 0 Å². The van der Waals surface area contributed by atoms with E-state index in [2.05, 4.69) is 10.0 Å². The van der Waals surface area contributed by atoms with Crippen molar-refractivity contribution in [2.75, 3.05) is 33.5 Å². The summed E-state index contributed by atoms with van der Waals surface area (Å²) in [6.07, 6.45) is -15.7. The van der Waals surface area contributed by atoms with E-state index in [4.69, 9.17) is 75.8 Å². The Hall–Kier alpha value is -5.31. The molecule has 1 amide bonds. The molecule has 0 bridgehead atoms. The molecule has 24 atom stereocenters. The quantitative estimate of drug-likeness (QED) is 0.00927. The van der Waals surface area contributed by atoms with Crippen LogP contribution in [0.25, 0.3) is 10.4 Å². The zero-order valence-corrected chi connectivity index (χ0v) is 61.3. The summed E-state index contributed by atoms with van der Waals surface area (Å²) in [7, 11) is 2.09. The summed E-state index contributed by atoms with van der Waals surface area (Å²) in [5, 5.41) is 3.99. The molecule has 28 nitrogen and oxygen atoms in total. The second-order valence-corrected chi connectivity index (χ2v) is 29.0. The Balaban J connectivity index is 1.24. The molecule has 2 aromatic carbocycles. The molecule has 0 aromatic heterocycles. The third kappa shape index (κ3) is 22.4. The van der Waals surface area contributed by atoms with Gasteiger partial charge in [0.05, 0.1) is 13.7 Å². The van der Waals surface area contributed by atoms with Gasteiger partial charge in [0.25, 0.3) is 0 Å². The topological polar surface area (TPSA) is 336 Å². The molecule has 0 aliphatic carbocycles. The normalized spacial score (nSPS) is 32.4. The molecular formula is C66H96B4N4O24P2. The summed E-state index contributed by atoms with van der Waals surface area (Å²) in [6.45, 7) is 22.8. The van der Waals surface area contributed by atoms with Gasteiger partial charge in [-0.15, -0.1) is 0 Å². The van der Waals surface area contributed by atoms with Gasteiger partial charge in [-0.25, -0.2) is 9.59 Å². The molecule has 5 saturated heterocycles. The van der Waals surface area contributed by atoms with Crippen molar-refractivity contribution in [1.29, 1.82) is 0 Å². The maximum atomic E-state index is 14.4. The summed E-state index contributed by atoms with van der Waals surface area (Å²) in [5.41, 5.74) is 10.7. The van der Waals surface area contributed by atoms with Gasteiger partial charge < -0.3 is 14.4 Å². The van der Waals surface area contributed by atoms with E-state index in [1.807, 2.05) is 102 Å². The average Bonchev–Trinajstić information content (AvgIpc) is 1.02. The molecule has 5 aliphatic rings. The van der Waals surface area contributed by atoms with Crippen LogP contribution < -0.4 is 0 Å². The molecule has 0 spiro atoms. The molecule has 0 saturated carbocycles. The van der Waals surface area contributed by atoms with Crippen molar-refractivity contribution >= 4 is 80.7 Å². The molecule has 34 heteroatoms. The Bertz CT molecular complexity index is 3050. The molecule has 9 unspecified atom stereocenters. The number of azide groups is 1. The fourth-order valence-corrected chi connectivity index (χ4v) is 16.1. The van der Waals surface area contributed by atoms with Crippen LogP contribution in [0.4, 0.5) is 4.79 Å². The molecule has 5 aliphatic heterocycles. The first kappa shape index (κ1) is 82.0. The van der Waals surface area contributed by atoms with E-state index in [-0.39, 0.29) is 55.0 Å². The van der Waals surface area contributed by atoms with Crippen LogP contribution in [-0.4, -0.2) is 217 Å². The van der Waals surface area contributed by atoms with E-state index in [0.29, 0.717) is 59.3 Å². The minimum absolute atomic E-state index is 0.0243. The fraction of sp³-hybridized carbons (Fsp3) is 0.727. The SMILES string of the molecule is CC[C@H](C)C1O[C@H](O[C@H]2C([C@H]3COC(C)(C)O3)O[C@@](OCCCCCN(Cc3ccccc3)C(=O)OCc3ccccc3)(C(=O)OC)C[C@H]2C)C(OC(C)=O)[C@@H](O[C@H]2O[C@@H]([C@@H](C)CC)[C@@H](P[B]B=O)C(C)C2O[C@H]2OC(COC(C)=O)[C@@H](OC(C)=O)C(OC(C)=O)[C@H]2N=[N+]=[N-])[C@@H]1P[B]B=O. The third-order valence-electron chi connectivity index (χ3n) is 18.5. The number of unbranched alkanes of at least 4 members (excludes halogenated alkanes) is 2. The molecule has 100 heavy (non-hydrogen) atoms. The number of hydrogen-bond acceptors (Lipinski definition) is 25. The summed E-state index contributed by atoms with van der Waals surface area (Å²) in [5.74, 6) is -8.97. The summed E-state index contributed by atoms with van der Waals surface area (Å²) < 4.78 is 128. The van der Waals surface area contributed by atoms with Crippen LogP contribution in [0, 0.1) is 23.7 Å². The van der Waals surface area contributed by atoms with Gasteiger partial charge in [-0.3, -0.25) is 9.59 Å². The van der Waals surface area contributed by atoms with E-state index in [0.717, 1.165) is 31.9 Å². The Morgan fingerprint density at radius 1 is 0.690 bits per heavy atom. The Morgan fingerprint density at radius 2 is 1.26 bits per heavy atom. The van der Waals surface area contributed by atoms with Gasteiger partial charge in [0.15, 0.2) is 0 Å². The molecule has 546 valence electrons. The number of esters is 5. The Kier molecular flexibility index (Phi) is 32.4. The van der Waals surface area contributed by atoms with Crippen molar-refractivity contribution in [1.82, 2.24) is 4.90 Å². The van der Waals surface area contributed by atoms with Crippen LogP contribution in [0.3, 0.4) is 0 Å². The van der Waals surface area contributed by atoms with Gasteiger partial charge in [-0.05, 0) is 44.2 Å². The molecule has 7 rings (SSSR count). The van der Waals surface area contributed by atoms with Gasteiger partial charge in [0.1, 0.15) is 6.61 Å². The number of carbonyl (C=O) groups is 6. The number of carbonyl (C=O) groups excluding carboxylic acids is 6. The molecular weight excluding hydrogens is 1340 g/mol. The molecule has 0 N–H and O–H groups in total. The van der Waals surface area contributed by atoms with E-state index in [1.165, 1.54) is 27.8 Å². The van der Waals surface area contributed by atoms with Crippen molar-refractivity contribution in [3.8, 4) is 0 Å². The van der Waals surface area contributed by atoms with Crippen molar-refractivity contribution in [3.63, 3.8) is 0 Å². The monoisotopic (exact) mass is 1430 g/mol. The van der Waals surface area contributed by atoms with Crippen LogP contribution in [0.2, 0.25) is 0 Å². The van der Waals surface area contributed by atoms with Crippen molar-refractivity contribution in [2.24, 2.45) is 28.8 Å². The first-order valence-corrected chi connectivity index (χ1v) is 36.5. The first-order valence-electron chi connectivity index (χ1n) is 34.2. The van der Waals surface area contributed by atoms with Gasteiger partial charge >= 0.3 is 408 Å². The number of hydrogen-bond donors (Lipinski definition) is 0. The van der Waals surface area contributed by atoms with E-state index >= 15 is 0 Å².